The Balaban J connectivity index is 2.52. The number of nitrogens with zero attached hydrogens (tertiary/aromatic N) is 3. The van der Waals surface area contributed by atoms with Crippen LogP contribution in [0.4, 0.5) is 0 Å². The summed E-state index contributed by atoms with van der Waals surface area (Å²) in [4.78, 5) is 11.8. The van der Waals surface area contributed by atoms with Crippen molar-refractivity contribution in [2.24, 2.45) is 5.73 Å². The molecule has 0 aliphatic carbocycles. The summed E-state index contributed by atoms with van der Waals surface area (Å²) in [5.74, 6) is 1.16. The Morgan fingerprint density at radius 2 is 2.05 bits per heavy atom. The molecule has 0 unspecified atom stereocenters. The van der Waals surface area contributed by atoms with E-state index in [0.717, 1.165) is 30.4 Å². The summed E-state index contributed by atoms with van der Waals surface area (Å²) in [5, 5.41) is 11.8. The molecule has 0 saturated carbocycles. The summed E-state index contributed by atoms with van der Waals surface area (Å²) in [7, 11) is 0. The minimum absolute atomic E-state index is 0.0404. The summed E-state index contributed by atoms with van der Waals surface area (Å²) in [6.07, 6.45) is 1.91. The highest BCUT2D eigenvalue weighted by Gasteiger charge is 2.13. The highest BCUT2D eigenvalue weighted by atomic mass is 32.2. The Bertz CT molecular complexity index is 403. The lowest BCUT2D eigenvalue weighted by molar-refractivity contribution is -0.119. The minimum Gasteiger partial charge on any atom is -0.353 e. The van der Waals surface area contributed by atoms with Crippen LogP contribution in [0.3, 0.4) is 0 Å². The Morgan fingerprint density at radius 3 is 2.58 bits per heavy atom. The van der Waals surface area contributed by atoms with Gasteiger partial charge in [-0.1, -0.05) is 25.6 Å². The number of rotatable bonds is 8. The van der Waals surface area contributed by atoms with Gasteiger partial charge >= 0.3 is 0 Å². The van der Waals surface area contributed by atoms with Crippen molar-refractivity contribution in [3.63, 3.8) is 0 Å². The first-order valence-electron chi connectivity index (χ1n) is 6.70. The molecule has 3 N–H and O–H groups in total. The molecule has 1 aromatic rings. The van der Waals surface area contributed by atoms with Crippen LogP contribution in [0.1, 0.15) is 39.4 Å². The molecule has 0 spiro atoms. The number of amides is 1. The zero-order chi connectivity index (χ0) is 14.3. The van der Waals surface area contributed by atoms with Gasteiger partial charge in [0.15, 0.2) is 5.16 Å². The first-order chi connectivity index (χ1) is 9.15. The van der Waals surface area contributed by atoms with Gasteiger partial charge in [-0.05, 0) is 19.8 Å². The van der Waals surface area contributed by atoms with Gasteiger partial charge in [-0.3, -0.25) is 4.79 Å². The molecule has 1 rings (SSSR count). The highest BCUT2D eigenvalue weighted by molar-refractivity contribution is 7.99. The van der Waals surface area contributed by atoms with E-state index in [9.17, 15) is 4.79 Å². The number of carbonyl (C=O) groups is 1. The van der Waals surface area contributed by atoms with Crippen LogP contribution in [0.25, 0.3) is 0 Å². The van der Waals surface area contributed by atoms with Gasteiger partial charge in [0, 0.05) is 12.6 Å². The minimum atomic E-state index is 0.0404. The molecule has 0 aliphatic rings. The van der Waals surface area contributed by atoms with Gasteiger partial charge in [0.2, 0.25) is 5.91 Å². The van der Waals surface area contributed by atoms with Crippen LogP contribution < -0.4 is 11.1 Å². The van der Waals surface area contributed by atoms with Gasteiger partial charge in [0.25, 0.3) is 0 Å². The van der Waals surface area contributed by atoms with Crippen molar-refractivity contribution < 1.29 is 4.79 Å². The fourth-order valence-electron chi connectivity index (χ4n) is 1.79. The van der Waals surface area contributed by atoms with Crippen molar-refractivity contribution in [3.05, 3.63) is 5.82 Å². The van der Waals surface area contributed by atoms with E-state index in [2.05, 4.69) is 29.4 Å². The van der Waals surface area contributed by atoms with Crippen LogP contribution in [-0.4, -0.2) is 32.5 Å². The van der Waals surface area contributed by atoms with Crippen molar-refractivity contribution in [1.29, 1.82) is 0 Å². The quantitative estimate of drug-likeness (QED) is 0.700. The molecule has 0 aliphatic heterocycles. The van der Waals surface area contributed by atoms with E-state index in [1.807, 2.05) is 11.5 Å². The maximum Gasteiger partial charge on any atom is 0.230 e. The van der Waals surface area contributed by atoms with Crippen molar-refractivity contribution in [3.8, 4) is 0 Å². The van der Waals surface area contributed by atoms with Gasteiger partial charge in [-0.2, -0.15) is 0 Å². The predicted molar refractivity (Wildman–Crippen MR) is 76.8 cm³/mol. The Morgan fingerprint density at radius 1 is 1.37 bits per heavy atom. The zero-order valence-electron chi connectivity index (χ0n) is 11.8. The zero-order valence-corrected chi connectivity index (χ0v) is 12.7. The lowest BCUT2D eigenvalue weighted by atomic mass is 10.2. The van der Waals surface area contributed by atoms with Crippen LogP contribution in [0, 0.1) is 0 Å². The van der Waals surface area contributed by atoms with Crippen molar-refractivity contribution in [2.75, 3.05) is 5.75 Å². The molecule has 19 heavy (non-hydrogen) atoms. The smallest absolute Gasteiger partial charge is 0.230 e. The largest absolute Gasteiger partial charge is 0.353 e. The van der Waals surface area contributed by atoms with E-state index < -0.39 is 0 Å². The first-order valence-corrected chi connectivity index (χ1v) is 7.69. The molecule has 0 aromatic carbocycles. The molecule has 1 heterocycles. The summed E-state index contributed by atoms with van der Waals surface area (Å²) in [6, 6.07) is 0.261. The van der Waals surface area contributed by atoms with Gasteiger partial charge in [-0.25, -0.2) is 0 Å². The van der Waals surface area contributed by atoms with E-state index in [1.54, 1.807) is 0 Å². The third kappa shape index (κ3) is 4.50. The molecule has 0 atom stereocenters. The number of thioether (sulfide) groups is 1. The number of carbonyl (C=O) groups excluding carboxylic acids is 1. The van der Waals surface area contributed by atoms with E-state index >= 15 is 0 Å². The van der Waals surface area contributed by atoms with Crippen LogP contribution >= 0.6 is 11.8 Å². The molecule has 1 amide bonds. The molecule has 6 nitrogen and oxygen atoms in total. The Kier molecular flexibility index (Phi) is 6.86. The van der Waals surface area contributed by atoms with Crippen molar-refractivity contribution >= 4 is 17.7 Å². The lowest BCUT2D eigenvalue weighted by Crippen LogP contribution is -2.35. The van der Waals surface area contributed by atoms with E-state index in [1.165, 1.54) is 11.8 Å². The molecule has 0 saturated heterocycles. The van der Waals surface area contributed by atoms with Crippen molar-refractivity contribution in [1.82, 2.24) is 20.1 Å². The summed E-state index contributed by atoms with van der Waals surface area (Å²) in [5.41, 5.74) is 5.59. The molecular formula is C12H23N5OS. The van der Waals surface area contributed by atoms with E-state index in [4.69, 9.17) is 5.73 Å². The molecule has 0 bridgehead atoms. The third-order valence-corrected chi connectivity index (χ3v) is 3.94. The first kappa shape index (κ1) is 16.0. The monoisotopic (exact) mass is 285 g/mol. The Labute approximate surface area is 118 Å². The molecule has 0 radical (unpaired) electrons. The predicted octanol–water partition coefficient (Wildman–Crippen LogP) is 1.15. The average molecular weight is 285 g/mol. The topological polar surface area (TPSA) is 85.8 Å². The summed E-state index contributed by atoms with van der Waals surface area (Å²) >= 11 is 1.40. The second kappa shape index (κ2) is 8.16. The Hall–Kier alpha value is -1.08. The second-order valence-corrected chi connectivity index (χ2v) is 5.16. The normalized spacial score (nSPS) is 11.0. The molecule has 7 heteroatoms. The fourth-order valence-corrected chi connectivity index (χ4v) is 2.62. The maximum atomic E-state index is 11.8. The standard InChI is InChI=1S/C12H23N5OS/c1-4-9(5-2)14-11(18)8-19-12-16-15-10(7-13)17(12)6-3/h9H,4-8,13H2,1-3H3,(H,14,18). The van der Waals surface area contributed by atoms with Crippen LogP contribution in [-0.2, 0) is 17.9 Å². The summed E-state index contributed by atoms with van der Waals surface area (Å²) in [6.45, 7) is 7.28. The van der Waals surface area contributed by atoms with Crippen molar-refractivity contribution in [2.45, 2.75) is 57.9 Å². The molecule has 108 valence electrons. The lowest BCUT2D eigenvalue weighted by Gasteiger charge is -2.14. The molecule has 0 fully saturated rings. The van der Waals surface area contributed by atoms with Gasteiger partial charge in [0.1, 0.15) is 5.82 Å². The highest BCUT2D eigenvalue weighted by Crippen LogP contribution is 2.16. The fraction of sp³-hybridized carbons (Fsp3) is 0.750. The molecular weight excluding hydrogens is 262 g/mol. The SMILES string of the molecule is CCC(CC)NC(=O)CSc1nnc(CN)n1CC. The maximum absolute atomic E-state index is 11.8. The average Bonchev–Trinajstić information content (AvgIpc) is 2.84. The number of nitrogens with one attached hydrogen (secondary N) is 1. The van der Waals surface area contributed by atoms with E-state index in [-0.39, 0.29) is 11.9 Å². The van der Waals surface area contributed by atoms with E-state index in [0.29, 0.717) is 12.3 Å². The third-order valence-electron chi connectivity index (χ3n) is 2.98. The van der Waals surface area contributed by atoms with Gasteiger partial charge in [0.05, 0.1) is 12.3 Å². The summed E-state index contributed by atoms with van der Waals surface area (Å²) < 4.78 is 1.94. The number of aromatic nitrogens is 3. The number of hydrogen-bond acceptors (Lipinski definition) is 5. The van der Waals surface area contributed by atoms with Gasteiger partial charge in [-0.15, -0.1) is 10.2 Å². The van der Waals surface area contributed by atoms with Crippen LogP contribution in [0.5, 0.6) is 0 Å². The number of nitrogens with two attached hydrogens (primary N) is 1. The molecule has 1 aromatic heterocycles. The van der Waals surface area contributed by atoms with Gasteiger partial charge < -0.3 is 15.6 Å². The van der Waals surface area contributed by atoms with Crippen LogP contribution in [0.2, 0.25) is 0 Å². The number of hydrogen-bond donors (Lipinski definition) is 2. The van der Waals surface area contributed by atoms with Crippen LogP contribution in [0.15, 0.2) is 5.16 Å². The second-order valence-electron chi connectivity index (χ2n) is 4.22.